The molecule has 0 bridgehead atoms. The maximum Gasteiger partial charge on any atom is 0.694 e. The standard InChI is InChI=1S/C13H24NO6PS/c15-8-5-7-14-13(17)12(6-9-16)22-11-4-2-1-3-10-20-21(18)19/h8-9,12-14,17H,1-7,10-11H2/p+1. The molecule has 3 N–H and O–H groups in total. The Morgan fingerprint density at radius 1 is 1.18 bits per heavy atom. The Bertz CT molecular complexity index is 321. The predicted octanol–water partition coefficient (Wildman–Crippen LogP) is 1.40. The van der Waals surface area contributed by atoms with Crippen LogP contribution < -0.4 is 5.32 Å². The number of thioether (sulfide) groups is 1. The highest BCUT2D eigenvalue weighted by molar-refractivity contribution is 7.99. The van der Waals surface area contributed by atoms with Crippen LogP contribution in [0.1, 0.15) is 38.5 Å². The lowest BCUT2D eigenvalue weighted by Gasteiger charge is -2.21. The summed E-state index contributed by atoms with van der Waals surface area (Å²) in [7, 11) is -2.50. The molecule has 0 heterocycles. The van der Waals surface area contributed by atoms with Gasteiger partial charge in [-0.05, 0) is 18.6 Å². The average molecular weight is 354 g/mol. The molecule has 0 saturated carbocycles. The number of hydrogen-bond donors (Lipinski definition) is 3. The summed E-state index contributed by atoms with van der Waals surface area (Å²) in [6.07, 6.45) is 4.89. The molecule has 22 heavy (non-hydrogen) atoms. The van der Waals surface area contributed by atoms with Crippen molar-refractivity contribution in [2.75, 3.05) is 18.9 Å². The Kier molecular flexibility index (Phi) is 15.3. The zero-order valence-electron chi connectivity index (χ0n) is 12.6. The SMILES string of the molecule is O=CCCNC(O)C(CC=O)SCCCCCCO[P+](=O)O. The van der Waals surface area contributed by atoms with Gasteiger partial charge in [-0.3, -0.25) is 5.32 Å². The number of rotatable bonds is 16. The molecule has 0 saturated heterocycles. The summed E-state index contributed by atoms with van der Waals surface area (Å²) in [5, 5.41) is 12.5. The smallest absolute Gasteiger partial charge is 0.377 e. The zero-order chi connectivity index (χ0) is 16.6. The second-order valence-electron chi connectivity index (χ2n) is 4.65. The number of unbranched alkanes of at least 4 members (excludes halogenated alkanes) is 3. The molecule has 0 spiro atoms. The van der Waals surface area contributed by atoms with Crippen LogP contribution in [0.2, 0.25) is 0 Å². The van der Waals surface area contributed by atoms with E-state index in [4.69, 9.17) is 4.89 Å². The van der Waals surface area contributed by atoms with Crippen LogP contribution in [0.4, 0.5) is 0 Å². The van der Waals surface area contributed by atoms with Gasteiger partial charge in [0.1, 0.15) is 25.4 Å². The Labute approximate surface area is 136 Å². The van der Waals surface area contributed by atoms with Crippen molar-refractivity contribution in [2.45, 2.75) is 50.0 Å². The van der Waals surface area contributed by atoms with E-state index in [0.29, 0.717) is 13.0 Å². The summed E-state index contributed by atoms with van der Waals surface area (Å²) in [6, 6.07) is 0. The fraction of sp³-hybridized carbons (Fsp3) is 0.846. The van der Waals surface area contributed by atoms with Gasteiger partial charge in [-0.15, -0.1) is 9.42 Å². The third-order valence-electron chi connectivity index (χ3n) is 2.87. The highest BCUT2D eigenvalue weighted by atomic mass is 32.2. The van der Waals surface area contributed by atoms with Crippen LogP contribution in [0.25, 0.3) is 0 Å². The van der Waals surface area contributed by atoms with E-state index in [1.807, 2.05) is 0 Å². The molecule has 3 atom stereocenters. The van der Waals surface area contributed by atoms with Gasteiger partial charge in [-0.2, -0.15) is 11.8 Å². The van der Waals surface area contributed by atoms with E-state index in [1.165, 1.54) is 11.8 Å². The lowest BCUT2D eigenvalue weighted by Crippen LogP contribution is -2.39. The van der Waals surface area contributed by atoms with Crippen molar-refractivity contribution < 1.29 is 28.7 Å². The van der Waals surface area contributed by atoms with Crippen molar-refractivity contribution in [1.82, 2.24) is 5.32 Å². The first-order valence-electron chi connectivity index (χ1n) is 7.31. The molecule has 0 aliphatic carbocycles. The normalized spacial score (nSPS) is 14.4. The van der Waals surface area contributed by atoms with E-state index < -0.39 is 14.5 Å². The van der Waals surface area contributed by atoms with Crippen molar-refractivity contribution in [2.24, 2.45) is 0 Å². The molecule has 0 aromatic rings. The minimum Gasteiger partial charge on any atom is -0.377 e. The molecule has 0 aliphatic heterocycles. The van der Waals surface area contributed by atoms with E-state index in [9.17, 15) is 19.3 Å². The quantitative estimate of drug-likeness (QED) is 0.165. The van der Waals surface area contributed by atoms with Gasteiger partial charge in [0.25, 0.3) is 0 Å². The third kappa shape index (κ3) is 13.3. The summed E-state index contributed by atoms with van der Waals surface area (Å²) < 4.78 is 14.8. The zero-order valence-corrected chi connectivity index (χ0v) is 14.3. The topological polar surface area (TPSA) is 113 Å². The van der Waals surface area contributed by atoms with Crippen LogP contribution in [0.15, 0.2) is 0 Å². The van der Waals surface area contributed by atoms with E-state index >= 15 is 0 Å². The summed E-state index contributed by atoms with van der Waals surface area (Å²) in [6.45, 7) is 0.680. The molecular formula is C13H25NO6PS+. The fourth-order valence-electron chi connectivity index (χ4n) is 1.74. The van der Waals surface area contributed by atoms with Gasteiger partial charge in [0.2, 0.25) is 0 Å². The third-order valence-corrected chi connectivity index (χ3v) is 4.67. The van der Waals surface area contributed by atoms with Gasteiger partial charge in [-0.1, -0.05) is 12.8 Å². The van der Waals surface area contributed by atoms with Crippen LogP contribution in [0.5, 0.6) is 0 Å². The van der Waals surface area contributed by atoms with Crippen molar-refractivity contribution in [1.29, 1.82) is 0 Å². The molecule has 128 valence electrons. The number of aliphatic hydroxyl groups is 1. The maximum atomic E-state index is 10.6. The first-order valence-corrected chi connectivity index (χ1v) is 9.49. The maximum absolute atomic E-state index is 10.6. The molecule has 0 amide bonds. The fourth-order valence-corrected chi connectivity index (χ4v) is 3.19. The molecule has 0 fully saturated rings. The molecule has 0 aliphatic rings. The molecule has 7 nitrogen and oxygen atoms in total. The molecule has 0 radical (unpaired) electrons. The highest BCUT2D eigenvalue weighted by Crippen LogP contribution is 2.20. The van der Waals surface area contributed by atoms with E-state index in [1.54, 1.807) is 0 Å². The van der Waals surface area contributed by atoms with E-state index in [0.717, 1.165) is 44.0 Å². The summed E-state index contributed by atoms with van der Waals surface area (Å²) in [4.78, 5) is 29.3. The monoisotopic (exact) mass is 354 g/mol. The van der Waals surface area contributed by atoms with E-state index in [2.05, 4.69) is 9.84 Å². The van der Waals surface area contributed by atoms with Gasteiger partial charge in [-0.25, -0.2) is 0 Å². The van der Waals surface area contributed by atoms with Crippen molar-refractivity contribution >= 4 is 32.6 Å². The van der Waals surface area contributed by atoms with Crippen LogP contribution in [-0.2, 0) is 18.7 Å². The van der Waals surface area contributed by atoms with Crippen LogP contribution in [0.3, 0.4) is 0 Å². The van der Waals surface area contributed by atoms with Crippen molar-refractivity contribution in [3.05, 3.63) is 0 Å². The van der Waals surface area contributed by atoms with Gasteiger partial charge in [0.15, 0.2) is 0 Å². The van der Waals surface area contributed by atoms with Crippen molar-refractivity contribution in [3.8, 4) is 0 Å². The van der Waals surface area contributed by atoms with Crippen LogP contribution in [-0.4, -0.2) is 53.0 Å². The number of aldehydes is 2. The Morgan fingerprint density at radius 3 is 2.55 bits per heavy atom. The molecule has 3 unspecified atom stereocenters. The average Bonchev–Trinajstić information content (AvgIpc) is 2.48. The van der Waals surface area contributed by atoms with Crippen LogP contribution in [0, 0.1) is 0 Å². The first-order chi connectivity index (χ1) is 10.6. The van der Waals surface area contributed by atoms with Crippen LogP contribution >= 0.6 is 20.0 Å². The summed E-state index contributed by atoms with van der Waals surface area (Å²) >= 11 is 1.53. The lowest BCUT2D eigenvalue weighted by molar-refractivity contribution is -0.109. The number of aliphatic hydroxyl groups excluding tert-OH is 1. The first kappa shape index (κ1) is 21.6. The largest absolute Gasteiger partial charge is 0.694 e. The molecule has 0 aromatic carbocycles. The minimum atomic E-state index is -2.50. The van der Waals surface area contributed by atoms with E-state index in [-0.39, 0.29) is 18.3 Å². The summed E-state index contributed by atoms with van der Waals surface area (Å²) in [5.41, 5.74) is 0. The predicted molar refractivity (Wildman–Crippen MR) is 85.9 cm³/mol. The molecule has 0 aromatic heterocycles. The molecular weight excluding hydrogens is 329 g/mol. The van der Waals surface area contributed by atoms with Gasteiger partial charge >= 0.3 is 8.25 Å². The van der Waals surface area contributed by atoms with Crippen molar-refractivity contribution in [3.63, 3.8) is 0 Å². The second kappa shape index (κ2) is 15.5. The second-order valence-corrected chi connectivity index (χ2v) is 6.73. The summed E-state index contributed by atoms with van der Waals surface area (Å²) in [5.74, 6) is 0.819. The Hall–Kier alpha value is -0.370. The highest BCUT2D eigenvalue weighted by Gasteiger charge is 2.18. The minimum absolute atomic E-state index is 0.217. The Balaban J connectivity index is 3.69. The number of hydrogen-bond acceptors (Lipinski definition) is 7. The Morgan fingerprint density at radius 2 is 1.91 bits per heavy atom. The molecule has 9 heteroatoms. The van der Waals surface area contributed by atoms with Gasteiger partial charge < -0.3 is 14.7 Å². The number of carbonyl (C=O) groups is 2. The number of carbonyl (C=O) groups excluding carboxylic acids is 2. The van der Waals surface area contributed by atoms with Gasteiger partial charge in [0, 0.05) is 24.0 Å². The lowest BCUT2D eigenvalue weighted by atomic mass is 10.2. The van der Waals surface area contributed by atoms with Gasteiger partial charge in [0.05, 0.1) is 5.25 Å². The molecule has 0 rings (SSSR count). The number of nitrogens with one attached hydrogen (secondary N) is 1.